The van der Waals surface area contributed by atoms with E-state index in [9.17, 15) is 32.6 Å². The Morgan fingerprint density at radius 1 is 0.867 bits per heavy atom. The molecule has 13 heteroatoms. The third-order valence-corrected chi connectivity index (χ3v) is 8.10. The number of hydrogen-bond donors (Lipinski definition) is 4. The van der Waals surface area contributed by atoms with Crippen LogP contribution < -0.4 is 50.4 Å². The molecule has 3 aromatic rings. The van der Waals surface area contributed by atoms with E-state index < -0.39 is 51.5 Å². The molecule has 0 aliphatic carbocycles. The molecule has 3 atom stereocenters. The predicted octanol–water partition coefficient (Wildman–Crippen LogP) is -0.0422. The molecule has 3 amide bonds. The van der Waals surface area contributed by atoms with E-state index in [0.717, 1.165) is 21.9 Å². The van der Waals surface area contributed by atoms with Crippen LogP contribution in [0.4, 0.5) is 0 Å². The van der Waals surface area contributed by atoms with Crippen molar-refractivity contribution in [3.05, 3.63) is 77.9 Å². The summed E-state index contributed by atoms with van der Waals surface area (Å²) in [6.45, 7) is 3.92. The summed E-state index contributed by atoms with van der Waals surface area (Å²) in [4.78, 5) is 39.6. The number of likely N-dealkylation sites (N-methyl/N-ethyl adjacent to an activating group) is 1. The van der Waals surface area contributed by atoms with Crippen LogP contribution >= 0.6 is 0 Å². The van der Waals surface area contributed by atoms with E-state index in [0.29, 0.717) is 12.2 Å². The maximum atomic E-state index is 13.8. The molecule has 0 radical (unpaired) electrons. The van der Waals surface area contributed by atoms with Gasteiger partial charge in [-0.1, -0.05) is 68.4 Å². The Morgan fingerprint density at radius 3 is 2.11 bits per heavy atom. The zero-order valence-corrected chi connectivity index (χ0v) is 28.9. The molecule has 0 aliphatic rings. The summed E-state index contributed by atoms with van der Waals surface area (Å²) in [7, 11) is -2.84. The van der Waals surface area contributed by atoms with Crippen molar-refractivity contribution in [3.63, 3.8) is 0 Å². The second-order valence-corrected chi connectivity index (χ2v) is 12.7. The van der Waals surface area contributed by atoms with Gasteiger partial charge in [-0.15, -0.1) is 0 Å². The Morgan fingerprint density at radius 2 is 1.51 bits per heavy atom. The number of nitrogens with one attached hydrogen (secondary N) is 3. The molecule has 0 spiro atoms. The summed E-state index contributed by atoms with van der Waals surface area (Å²) in [5, 5.41) is 17.0. The molecule has 0 aliphatic heterocycles. The van der Waals surface area contributed by atoms with E-state index in [1.165, 1.54) is 7.05 Å². The minimum absolute atomic E-state index is 0. The van der Waals surface area contributed by atoms with Crippen molar-refractivity contribution < 1.29 is 66.9 Å². The molecule has 0 fully saturated rings. The first-order chi connectivity index (χ1) is 20.9. The van der Waals surface area contributed by atoms with Gasteiger partial charge in [-0.3, -0.25) is 19.6 Å². The summed E-state index contributed by atoms with van der Waals surface area (Å²) in [6, 6.07) is 19.4. The Bertz CT molecular complexity index is 1530. The molecule has 0 saturated heterocycles. The van der Waals surface area contributed by atoms with Crippen LogP contribution in [0.25, 0.3) is 10.8 Å². The minimum Gasteiger partial charge on any atom is -0.748 e. The molecule has 45 heavy (non-hydrogen) atoms. The molecule has 0 saturated carbocycles. The summed E-state index contributed by atoms with van der Waals surface area (Å²) in [5.74, 6) is -3.33. The third kappa shape index (κ3) is 12.4. The van der Waals surface area contributed by atoms with Crippen LogP contribution in [-0.4, -0.2) is 61.3 Å². The topological polar surface area (TPSA) is 174 Å². The van der Waals surface area contributed by atoms with Crippen molar-refractivity contribution in [2.24, 2.45) is 17.8 Å². The summed E-state index contributed by atoms with van der Waals surface area (Å²) in [5.41, 5.74) is 3.28. The molecular formula is C32H40N3NaO8S. The van der Waals surface area contributed by atoms with E-state index in [-0.39, 0.29) is 61.3 Å². The standard InChI is InChI=1S/C32H41N3O8S.Na/c1-21(2)17-27(28(31(37)35-39)19-23-9-12-24-7-4-5-8-25(24)18-23)30(36)34-29(32(38)33-3)20-22-10-13-26(14-11-22)43-15-6-16-44(40,41)42;/h4-5,7-14,18,21,27-29,39H,6,15-17,19-20H2,1-3H3,(H,33,38)(H,34,36)(H,35,37)(H,40,41,42);/q;+1/p-1/t27-,28?,29+;/m1./s1. The number of carbonyl (C=O) groups excluding carboxylic acids is 3. The number of hydrogen-bond acceptors (Lipinski definition) is 8. The molecule has 4 N–H and O–H groups in total. The average Bonchev–Trinajstić information content (AvgIpc) is 2.99. The van der Waals surface area contributed by atoms with Crippen molar-refractivity contribution in [1.82, 2.24) is 16.1 Å². The summed E-state index contributed by atoms with van der Waals surface area (Å²) < 4.78 is 37.7. The van der Waals surface area contributed by atoms with Crippen molar-refractivity contribution in [2.75, 3.05) is 19.4 Å². The predicted molar refractivity (Wildman–Crippen MR) is 165 cm³/mol. The summed E-state index contributed by atoms with van der Waals surface area (Å²) in [6.07, 6.45) is 0.759. The molecule has 11 nitrogen and oxygen atoms in total. The largest absolute Gasteiger partial charge is 1.00 e. The number of ether oxygens (including phenoxy) is 1. The van der Waals surface area contributed by atoms with E-state index in [2.05, 4.69) is 10.6 Å². The van der Waals surface area contributed by atoms with Crippen LogP contribution in [0.5, 0.6) is 5.75 Å². The van der Waals surface area contributed by atoms with Gasteiger partial charge in [0.1, 0.15) is 11.8 Å². The van der Waals surface area contributed by atoms with Crippen molar-refractivity contribution >= 4 is 38.6 Å². The van der Waals surface area contributed by atoms with E-state index >= 15 is 0 Å². The van der Waals surface area contributed by atoms with Crippen LogP contribution in [0.2, 0.25) is 0 Å². The molecular weight excluding hydrogens is 609 g/mol. The molecule has 0 heterocycles. The van der Waals surface area contributed by atoms with E-state index in [4.69, 9.17) is 4.74 Å². The van der Waals surface area contributed by atoms with Crippen LogP contribution in [0.3, 0.4) is 0 Å². The summed E-state index contributed by atoms with van der Waals surface area (Å²) >= 11 is 0. The fraction of sp³-hybridized carbons (Fsp3) is 0.406. The molecule has 0 aromatic heterocycles. The van der Waals surface area contributed by atoms with Gasteiger partial charge in [-0.05, 0) is 59.2 Å². The quantitative estimate of drug-likeness (QED) is 0.0550. The van der Waals surface area contributed by atoms with Gasteiger partial charge < -0.3 is 19.9 Å². The average molecular weight is 650 g/mol. The van der Waals surface area contributed by atoms with Gasteiger partial charge in [-0.2, -0.15) is 0 Å². The maximum Gasteiger partial charge on any atom is 1.00 e. The van der Waals surface area contributed by atoms with E-state index in [1.807, 2.05) is 56.3 Å². The zero-order valence-electron chi connectivity index (χ0n) is 26.1. The fourth-order valence-electron chi connectivity index (χ4n) is 5.13. The fourth-order valence-corrected chi connectivity index (χ4v) is 5.60. The van der Waals surface area contributed by atoms with Crippen molar-refractivity contribution in [2.45, 2.75) is 45.6 Å². The van der Waals surface area contributed by atoms with Gasteiger partial charge in [0.25, 0.3) is 0 Å². The van der Waals surface area contributed by atoms with Gasteiger partial charge in [-0.25, -0.2) is 13.9 Å². The molecule has 1 unspecified atom stereocenters. The number of benzene rings is 3. The van der Waals surface area contributed by atoms with Crippen molar-refractivity contribution in [3.8, 4) is 5.75 Å². The Balaban J connectivity index is 0.00000705. The van der Waals surface area contributed by atoms with Crippen LogP contribution in [0.15, 0.2) is 66.7 Å². The SMILES string of the molecule is CNC(=O)[C@H](Cc1ccc(OCCCS(=O)(=O)[O-])cc1)NC(=O)[C@H](CC(C)C)C(Cc1ccc2ccccc2c1)C(=O)NO.[Na+]. The first-order valence-corrected chi connectivity index (χ1v) is 16.1. The number of fused-ring (bicyclic) bond motifs is 1. The Labute approximate surface area is 286 Å². The van der Waals surface area contributed by atoms with Crippen LogP contribution in [0, 0.1) is 17.8 Å². The number of hydroxylamine groups is 1. The minimum atomic E-state index is -4.31. The van der Waals surface area contributed by atoms with Crippen molar-refractivity contribution in [1.29, 1.82) is 0 Å². The van der Waals surface area contributed by atoms with Gasteiger partial charge in [0, 0.05) is 19.2 Å². The molecule has 0 bridgehead atoms. The van der Waals surface area contributed by atoms with Gasteiger partial charge in [0.15, 0.2) is 0 Å². The first kappa shape index (κ1) is 38.2. The van der Waals surface area contributed by atoms with E-state index in [1.54, 1.807) is 29.7 Å². The van der Waals surface area contributed by atoms with Crippen LogP contribution in [0.1, 0.15) is 37.8 Å². The smallest absolute Gasteiger partial charge is 0.748 e. The maximum absolute atomic E-state index is 13.8. The number of amides is 3. The number of rotatable bonds is 16. The molecule has 3 aromatic carbocycles. The van der Waals surface area contributed by atoms with Gasteiger partial charge in [0.05, 0.1) is 28.6 Å². The van der Waals surface area contributed by atoms with Crippen LogP contribution in [-0.2, 0) is 37.3 Å². The second-order valence-electron chi connectivity index (χ2n) is 11.2. The Hall–Kier alpha value is -3.00. The third-order valence-electron chi connectivity index (χ3n) is 7.31. The first-order valence-electron chi connectivity index (χ1n) is 14.5. The number of carbonyl (C=O) groups is 3. The molecule has 238 valence electrons. The zero-order chi connectivity index (χ0) is 32.3. The monoisotopic (exact) mass is 649 g/mol. The van der Waals surface area contributed by atoms with Gasteiger partial charge >= 0.3 is 29.6 Å². The van der Waals surface area contributed by atoms with Gasteiger partial charge in [0.2, 0.25) is 17.7 Å². The molecule has 3 rings (SSSR count). The second kappa shape index (κ2) is 18.2. The Kier molecular flexibility index (Phi) is 15.5. The normalized spacial score (nSPS) is 13.3.